The van der Waals surface area contributed by atoms with Crippen molar-refractivity contribution in [1.82, 2.24) is 0 Å². The third-order valence-electron chi connectivity index (χ3n) is 1.14. The predicted molar refractivity (Wildman–Crippen MR) is 41.8 cm³/mol. The van der Waals surface area contributed by atoms with E-state index in [9.17, 15) is 4.79 Å². The third-order valence-corrected chi connectivity index (χ3v) is 2.27. The summed E-state index contributed by atoms with van der Waals surface area (Å²) in [6, 6.07) is 0. The molecular formula is C7H12O2Si. The van der Waals surface area contributed by atoms with Crippen molar-refractivity contribution in [3.63, 3.8) is 0 Å². The Hall–Kier alpha value is -0.573. The third kappa shape index (κ3) is 4.32. The van der Waals surface area contributed by atoms with Crippen LogP contribution in [0.15, 0.2) is 12.7 Å². The van der Waals surface area contributed by atoms with Gasteiger partial charge in [-0.05, 0) is 5.54 Å². The van der Waals surface area contributed by atoms with Gasteiger partial charge in [0, 0.05) is 6.08 Å². The Bertz CT molecular complexity index is 123. The molecule has 3 heteroatoms. The number of carbonyl (C=O) groups excluding carboxylic acids is 1. The Kier molecular flexibility index (Phi) is 4.93. The van der Waals surface area contributed by atoms with Gasteiger partial charge in [-0.2, -0.15) is 0 Å². The quantitative estimate of drug-likeness (QED) is 0.456. The minimum absolute atomic E-state index is 0.272. The van der Waals surface area contributed by atoms with Crippen molar-refractivity contribution < 1.29 is 9.22 Å². The lowest BCUT2D eigenvalue weighted by Crippen LogP contribution is -2.09. The minimum atomic E-state index is -0.321. The topological polar surface area (TPSA) is 26.3 Å². The number of hydrogen-bond donors (Lipinski definition) is 0. The van der Waals surface area contributed by atoms with Gasteiger partial charge in [-0.3, -0.25) is 0 Å². The zero-order valence-electron chi connectivity index (χ0n) is 6.39. The molecule has 10 heavy (non-hydrogen) atoms. The van der Waals surface area contributed by atoms with E-state index < -0.39 is 0 Å². The van der Waals surface area contributed by atoms with E-state index >= 15 is 0 Å². The molecule has 0 aliphatic carbocycles. The van der Waals surface area contributed by atoms with Gasteiger partial charge in [0.1, 0.15) is 0 Å². The van der Waals surface area contributed by atoms with Crippen LogP contribution in [-0.2, 0) is 9.22 Å². The second-order valence-electron chi connectivity index (χ2n) is 2.05. The summed E-state index contributed by atoms with van der Waals surface area (Å²) >= 11 is 0. The van der Waals surface area contributed by atoms with Gasteiger partial charge in [0.15, 0.2) is 0 Å². The van der Waals surface area contributed by atoms with Crippen LogP contribution in [0.5, 0.6) is 0 Å². The smallest absolute Gasteiger partial charge is 0.318 e. The van der Waals surface area contributed by atoms with E-state index in [2.05, 4.69) is 20.4 Å². The Morgan fingerprint density at radius 1 is 1.90 bits per heavy atom. The molecule has 0 aromatic rings. The number of hydrogen-bond acceptors (Lipinski definition) is 2. The molecule has 0 spiro atoms. The van der Waals surface area contributed by atoms with E-state index in [1.165, 1.54) is 6.08 Å². The maximum absolute atomic E-state index is 10.5. The van der Waals surface area contributed by atoms with Crippen LogP contribution in [0.25, 0.3) is 0 Å². The first-order chi connectivity index (χ1) is 4.70. The molecule has 0 amide bonds. The van der Waals surface area contributed by atoms with E-state index in [1.54, 1.807) is 0 Å². The molecule has 1 atom stereocenters. The van der Waals surface area contributed by atoms with Crippen molar-refractivity contribution in [2.24, 2.45) is 0 Å². The van der Waals surface area contributed by atoms with Crippen LogP contribution in [0.4, 0.5) is 0 Å². The fourth-order valence-corrected chi connectivity index (χ4v) is 0.851. The van der Waals surface area contributed by atoms with Crippen molar-refractivity contribution >= 4 is 15.7 Å². The predicted octanol–water partition coefficient (Wildman–Crippen LogP) is 1.55. The molecule has 0 rings (SSSR count). The van der Waals surface area contributed by atoms with Gasteiger partial charge in [0.25, 0.3) is 0 Å². The summed E-state index contributed by atoms with van der Waals surface area (Å²) in [6.45, 7) is 7.41. The van der Waals surface area contributed by atoms with Crippen molar-refractivity contribution in [2.75, 3.05) is 0 Å². The van der Waals surface area contributed by atoms with Gasteiger partial charge in [-0.1, -0.05) is 26.8 Å². The second-order valence-corrected chi connectivity index (χ2v) is 3.48. The largest absolute Gasteiger partial charge is 0.513 e. The lowest BCUT2D eigenvalue weighted by molar-refractivity contribution is -0.129. The van der Waals surface area contributed by atoms with E-state index in [0.29, 0.717) is 5.54 Å². The first-order valence-electron chi connectivity index (χ1n) is 3.29. The summed E-state index contributed by atoms with van der Waals surface area (Å²) in [7, 11) is 0.272. The van der Waals surface area contributed by atoms with E-state index in [-0.39, 0.29) is 15.7 Å². The second kappa shape index (κ2) is 5.23. The molecule has 0 bridgehead atoms. The average molecular weight is 156 g/mol. The van der Waals surface area contributed by atoms with E-state index in [0.717, 1.165) is 6.42 Å². The molecule has 0 N–H and O–H groups in total. The Labute approximate surface area is 64.2 Å². The SMILES string of the molecule is C=CC(=O)O[Si]C(C)CC. The van der Waals surface area contributed by atoms with Crippen LogP contribution in [-0.4, -0.2) is 15.7 Å². The molecule has 0 heterocycles. The molecule has 0 aliphatic heterocycles. The maximum Gasteiger partial charge on any atom is 0.318 e. The molecule has 0 saturated carbocycles. The lowest BCUT2D eigenvalue weighted by atomic mass is 10.4. The molecule has 2 radical (unpaired) electrons. The summed E-state index contributed by atoms with van der Waals surface area (Å²) in [5, 5.41) is 0. The van der Waals surface area contributed by atoms with Gasteiger partial charge in [0.2, 0.25) is 0 Å². The molecule has 56 valence electrons. The van der Waals surface area contributed by atoms with Crippen LogP contribution >= 0.6 is 0 Å². The van der Waals surface area contributed by atoms with Gasteiger partial charge in [0.05, 0.1) is 0 Å². The molecule has 1 unspecified atom stereocenters. The van der Waals surface area contributed by atoms with Crippen LogP contribution < -0.4 is 0 Å². The monoisotopic (exact) mass is 156 g/mol. The zero-order chi connectivity index (χ0) is 7.98. The van der Waals surface area contributed by atoms with Crippen molar-refractivity contribution in [3.8, 4) is 0 Å². The van der Waals surface area contributed by atoms with Gasteiger partial charge in [-0.15, -0.1) is 0 Å². The van der Waals surface area contributed by atoms with E-state index in [4.69, 9.17) is 4.43 Å². The maximum atomic E-state index is 10.5. The van der Waals surface area contributed by atoms with Crippen molar-refractivity contribution in [1.29, 1.82) is 0 Å². The summed E-state index contributed by atoms with van der Waals surface area (Å²) in [5.41, 5.74) is 0.476. The molecular weight excluding hydrogens is 144 g/mol. The fourth-order valence-electron chi connectivity index (χ4n) is 0.284. The molecule has 0 saturated heterocycles. The molecule has 2 nitrogen and oxygen atoms in total. The van der Waals surface area contributed by atoms with Gasteiger partial charge in [-0.25, -0.2) is 4.79 Å². The summed E-state index contributed by atoms with van der Waals surface area (Å²) in [4.78, 5) is 10.5. The highest BCUT2D eigenvalue weighted by atomic mass is 28.2. The molecule has 0 fully saturated rings. The number of carbonyl (C=O) groups is 1. The summed E-state index contributed by atoms with van der Waals surface area (Å²) in [6.07, 6.45) is 2.23. The highest BCUT2D eigenvalue weighted by Crippen LogP contribution is 2.05. The van der Waals surface area contributed by atoms with Crippen LogP contribution in [0.2, 0.25) is 5.54 Å². The first kappa shape index (κ1) is 9.43. The van der Waals surface area contributed by atoms with Crippen LogP contribution in [0, 0.1) is 0 Å². The lowest BCUT2D eigenvalue weighted by Gasteiger charge is -2.03. The van der Waals surface area contributed by atoms with Crippen molar-refractivity contribution in [3.05, 3.63) is 12.7 Å². The van der Waals surface area contributed by atoms with Gasteiger partial charge >= 0.3 is 15.7 Å². The molecule has 0 aliphatic rings. The van der Waals surface area contributed by atoms with Crippen molar-refractivity contribution in [2.45, 2.75) is 25.8 Å². The molecule has 0 aromatic heterocycles. The first-order valence-corrected chi connectivity index (χ1v) is 4.28. The standard InChI is InChI=1S/C7H12O2Si/c1-4-6(3)10-9-7(8)5-2/h5-6H,2,4H2,1,3H3. The highest BCUT2D eigenvalue weighted by Gasteiger charge is 2.04. The Morgan fingerprint density at radius 2 is 2.50 bits per heavy atom. The number of rotatable bonds is 4. The Morgan fingerprint density at radius 3 is 2.90 bits per heavy atom. The summed E-state index contributed by atoms with van der Waals surface area (Å²) in [5.74, 6) is -0.321. The van der Waals surface area contributed by atoms with Crippen LogP contribution in [0.1, 0.15) is 20.3 Å². The van der Waals surface area contributed by atoms with Gasteiger partial charge < -0.3 is 4.43 Å². The summed E-state index contributed by atoms with van der Waals surface area (Å²) < 4.78 is 4.81. The normalized spacial score (nSPS) is 12.2. The fraction of sp³-hybridized carbons (Fsp3) is 0.571. The Balaban J connectivity index is 3.34. The minimum Gasteiger partial charge on any atom is -0.513 e. The van der Waals surface area contributed by atoms with E-state index in [1.807, 2.05) is 0 Å². The average Bonchev–Trinajstić information content (AvgIpc) is 1.99. The zero-order valence-corrected chi connectivity index (χ0v) is 7.39. The van der Waals surface area contributed by atoms with Crippen LogP contribution in [0.3, 0.4) is 0 Å². The highest BCUT2D eigenvalue weighted by molar-refractivity contribution is 6.33. The molecule has 0 aromatic carbocycles.